The van der Waals surface area contributed by atoms with Gasteiger partial charge in [0.2, 0.25) is 0 Å². The Balaban J connectivity index is 2.14. The van der Waals surface area contributed by atoms with Gasteiger partial charge in [-0.15, -0.1) is 0 Å². The summed E-state index contributed by atoms with van der Waals surface area (Å²) in [6.07, 6.45) is 3.18. The highest BCUT2D eigenvalue weighted by Crippen LogP contribution is 2.28. The maximum atomic E-state index is 5.19. The molecular weight excluding hydrogens is 212 g/mol. The number of rotatable bonds is 2. The van der Waals surface area contributed by atoms with Crippen LogP contribution >= 0.6 is 0 Å². The van der Waals surface area contributed by atoms with Crippen LogP contribution in [0.2, 0.25) is 0 Å². The zero-order valence-electron chi connectivity index (χ0n) is 9.47. The van der Waals surface area contributed by atoms with E-state index >= 15 is 0 Å². The molecule has 0 atom stereocenters. The van der Waals surface area contributed by atoms with Crippen molar-refractivity contribution in [3.05, 3.63) is 54.4 Å². The molecule has 0 aliphatic carbocycles. The maximum Gasteiger partial charge on any atom is 0.299 e. The highest BCUT2D eigenvalue weighted by Gasteiger charge is 2.04. The Morgan fingerprint density at radius 1 is 1.06 bits per heavy atom. The molecule has 0 aliphatic rings. The lowest BCUT2D eigenvalue weighted by Crippen LogP contribution is -1.92. The summed E-state index contributed by atoms with van der Waals surface area (Å²) in [7, 11) is 0. The highest BCUT2D eigenvalue weighted by molar-refractivity contribution is 5.96. The second-order valence-electron chi connectivity index (χ2n) is 3.94. The summed E-state index contributed by atoms with van der Waals surface area (Å²) in [5.41, 5.74) is 2.27. The van der Waals surface area contributed by atoms with Gasteiger partial charge in [0.05, 0.1) is 11.9 Å². The second-order valence-corrected chi connectivity index (χ2v) is 3.94. The SMILES string of the molecule is Cc1ccc(Nc2ncco2)c2ccccc12. The van der Waals surface area contributed by atoms with Crippen LogP contribution in [-0.4, -0.2) is 4.98 Å². The molecule has 0 aliphatic heterocycles. The number of hydrogen-bond acceptors (Lipinski definition) is 3. The van der Waals surface area contributed by atoms with Gasteiger partial charge in [0, 0.05) is 5.39 Å². The summed E-state index contributed by atoms with van der Waals surface area (Å²) in [6.45, 7) is 2.11. The van der Waals surface area contributed by atoms with E-state index in [4.69, 9.17) is 4.42 Å². The first kappa shape index (κ1) is 9.90. The van der Waals surface area contributed by atoms with Crippen molar-refractivity contribution in [2.45, 2.75) is 6.92 Å². The summed E-state index contributed by atoms with van der Waals surface area (Å²) < 4.78 is 5.19. The van der Waals surface area contributed by atoms with Crippen LogP contribution in [0.15, 0.2) is 53.3 Å². The Hall–Kier alpha value is -2.29. The normalized spacial score (nSPS) is 10.6. The summed E-state index contributed by atoms with van der Waals surface area (Å²) >= 11 is 0. The van der Waals surface area contributed by atoms with Crippen LogP contribution < -0.4 is 5.32 Å². The molecule has 3 nitrogen and oxygen atoms in total. The molecule has 0 bridgehead atoms. The first-order chi connectivity index (χ1) is 8.34. The third kappa shape index (κ3) is 1.76. The van der Waals surface area contributed by atoms with Gasteiger partial charge in [-0.1, -0.05) is 30.3 Å². The van der Waals surface area contributed by atoms with Gasteiger partial charge in [-0.3, -0.25) is 0 Å². The van der Waals surface area contributed by atoms with Gasteiger partial charge in [-0.25, -0.2) is 4.98 Å². The van der Waals surface area contributed by atoms with Gasteiger partial charge in [0.15, 0.2) is 0 Å². The molecule has 0 radical (unpaired) electrons. The van der Waals surface area contributed by atoms with Crippen molar-refractivity contribution in [1.82, 2.24) is 4.98 Å². The van der Waals surface area contributed by atoms with Crippen molar-refractivity contribution in [2.24, 2.45) is 0 Å². The number of oxazole rings is 1. The van der Waals surface area contributed by atoms with E-state index < -0.39 is 0 Å². The monoisotopic (exact) mass is 224 g/mol. The largest absolute Gasteiger partial charge is 0.432 e. The minimum atomic E-state index is 0.513. The molecule has 84 valence electrons. The van der Waals surface area contributed by atoms with Gasteiger partial charge >= 0.3 is 0 Å². The van der Waals surface area contributed by atoms with E-state index in [9.17, 15) is 0 Å². The summed E-state index contributed by atoms with van der Waals surface area (Å²) in [4.78, 5) is 4.06. The average molecular weight is 224 g/mol. The molecule has 0 spiro atoms. The predicted octanol–water partition coefficient (Wildman–Crippen LogP) is 3.88. The van der Waals surface area contributed by atoms with Crippen molar-refractivity contribution >= 4 is 22.5 Å². The fourth-order valence-electron chi connectivity index (χ4n) is 1.96. The standard InChI is InChI=1S/C14H12N2O/c1-10-6-7-13(16-14-15-8-9-17-14)12-5-3-2-4-11(10)12/h2-9H,1H3,(H,15,16). The third-order valence-electron chi connectivity index (χ3n) is 2.82. The zero-order valence-corrected chi connectivity index (χ0v) is 9.47. The lowest BCUT2D eigenvalue weighted by atomic mass is 10.0. The van der Waals surface area contributed by atoms with Crippen molar-refractivity contribution < 1.29 is 4.42 Å². The minimum absolute atomic E-state index is 0.513. The molecule has 1 N–H and O–H groups in total. The average Bonchev–Trinajstić information content (AvgIpc) is 2.86. The van der Waals surface area contributed by atoms with Gasteiger partial charge in [-0.05, 0) is 23.9 Å². The predicted molar refractivity (Wildman–Crippen MR) is 68.5 cm³/mol. The second kappa shape index (κ2) is 3.94. The Kier molecular flexibility index (Phi) is 2.29. The molecule has 0 saturated carbocycles. The molecule has 1 heterocycles. The molecule has 1 aromatic heterocycles. The van der Waals surface area contributed by atoms with Crippen LogP contribution in [0.1, 0.15) is 5.56 Å². The van der Waals surface area contributed by atoms with Crippen LogP contribution in [0.25, 0.3) is 10.8 Å². The van der Waals surface area contributed by atoms with Crippen LogP contribution in [-0.2, 0) is 0 Å². The van der Waals surface area contributed by atoms with Gasteiger partial charge in [0.25, 0.3) is 6.01 Å². The molecule has 17 heavy (non-hydrogen) atoms. The Morgan fingerprint density at radius 2 is 1.88 bits per heavy atom. The highest BCUT2D eigenvalue weighted by atomic mass is 16.4. The van der Waals surface area contributed by atoms with Crippen LogP contribution in [0.3, 0.4) is 0 Å². The number of nitrogens with one attached hydrogen (secondary N) is 1. The quantitative estimate of drug-likeness (QED) is 0.717. The van der Waals surface area contributed by atoms with Crippen LogP contribution in [0, 0.1) is 6.92 Å². The Morgan fingerprint density at radius 3 is 2.65 bits per heavy atom. The molecule has 3 rings (SSSR count). The lowest BCUT2D eigenvalue weighted by Gasteiger charge is -2.08. The number of fused-ring (bicyclic) bond motifs is 1. The molecule has 0 saturated heterocycles. The maximum absolute atomic E-state index is 5.19. The number of benzene rings is 2. The van der Waals surface area contributed by atoms with Gasteiger partial charge in [-0.2, -0.15) is 0 Å². The third-order valence-corrected chi connectivity index (χ3v) is 2.82. The van der Waals surface area contributed by atoms with E-state index in [1.807, 2.05) is 18.2 Å². The topological polar surface area (TPSA) is 38.1 Å². The molecule has 3 heteroatoms. The number of nitrogens with zero attached hydrogens (tertiary/aromatic N) is 1. The summed E-state index contributed by atoms with van der Waals surface area (Å²) in [5.74, 6) is 0. The molecule has 3 aromatic rings. The van der Waals surface area contributed by atoms with E-state index in [-0.39, 0.29) is 0 Å². The number of hydrogen-bond donors (Lipinski definition) is 1. The van der Waals surface area contributed by atoms with Crippen molar-refractivity contribution in [1.29, 1.82) is 0 Å². The first-order valence-corrected chi connectivity index (χ1v) is 5.49. The van der Waals surface area contributed by atoms with Crippen LogP contribution in [0.4, 0.5) is 11.7 Å². The molecular formula is C14H12N2O. The first-order valence-electron chi connectivity index (χ1n) is 5.49. The Labute approximate surface area is 99.1 Å². The smallest absolute Gasteiger partial charge is 0.299 e. The fraction of sp³-hybridized carbons (Fsp3) is 0.0714. The Bertz CT molecular complexity index is 644. The lowest BCUT2D eigenvalue weighted by molar-refractivity contribution is 0.578. The van der Waals surface area contributed by atoms with Gasteiger partial charge < -0.3 is 9.73 Å². The number of aryl methyl sites for hydroxylation is 1. The fourth-order valence-corrected chi connectivity index (χ4v) is 1.96. The molecule has 0 amide bonds. The molecule has 0 fully saturated rings. The van der Waals surface area contributed by atoms with Gasteiger partial charge in [0.1, 0.15) is 6.26 Å². The number of anilines is 2. The molecule has 2 aromatic carbocycles. The van der Waals surface area contributed by atoms with E-state index in [0.717, 1.165) is 5.69 Å². The van der Waals surface area contributed by atoms with Crippen LogP contribution in [0.5, 0.6) is 0 Å². The van der Waals surface area contributed by atoms with Crippen molar-refractivity contribution in [3.8, 4) is 0 Å². The summed E-state index contributed by atoms with van der Waals surface area (Å²) in [6, 6.07) is 12.9. The van der Waals surface area contributed by atoms with E-state index in [2.05, 4.69) is 35.4 Å². The van der Waals surface area contributed by atoms with E-state index in [1.54, 1.807) is 12.5 Å². The number of aromatic nitrogens is 1. The van der Waals surface area contributed by atoms with E-state index in [0.29, 0.717) is 6.01 Å². The van der Waals surface area contributed by atoms with E-state index in [1.165, 1.54) is 16.3 Å². The minimum Gasteiger partial charge on any atom is -0.432 e. The van der Waals surface area contributed by atoms with Crippen molar-refractivity contribution in [3.63, 3.8) is 0 Å². The zero-order chi connectivity index (χ0) is 11.7. The van der Waals surface area contributed by atoms with Crippen molar-refractivity contribution in [2.75, 3.05) is 5.32 Å². The molecule has 0 unspecified atom stereocenters. The summed E-state index contributed by atoms with van der Waals surface area (Å²) in [5, 5.41) is 5.59.